The number of para-hydroxylation sites is 2. The highest BCUT2D eigenvalue weighted by Gasteiger charge is 2.24. The molecule has 0 radical (unpaired) electrons. The maximum absolute atomic E-state index is 14.1. The number of benzene rings is 4. The minimum Gasteiger partial charge on any atom is -0.237 e. The first kappa shape index (κ1) is 40.3. The van der Waals surface area contributed by atoms with Crippen LogP contribution in [0.1, 0.15) is 142 Å². The summed E-state index contributed by atoms with van der Waals surface area (Å²) in [4.78, 5) is 0. The van der Waals surface area contributed by atoms with Gasteiger partial charge >= 0.3 is 0 Å². The van der Waals surface area contributed by atoms with E-state index in [4.69, 9.17) is 0 Å². The van der Waals surface area contributed by atoms with Crippen LogP contribution in [0.5, 0.6) is 0 Å². The summed E-state index contributed by atoms with van der Waals surface area (Å²) in [7, 11) is -7.25. The van der Waals surface area contributed by atoms with Gasteiger partial charge < -0.3 is 0 Å². The number of fused-ring (bicyclic) bond motifs is 7. The summed E-state index contributed by atoms with van der Waals surface area (Å²) >= 11 is 0. The molecule has 0 atom stereocenters. The van der Waals surface area contributed by atoms with Crippen molar-refractivity contribution in [1.29, 1.82) is 0 Å². The van der Waals surface area contributed by atoms with Gasteiger partial charge in [-0.05, 0) is 60.0 Å². The quantitative estimate of drug-likeness (QED) is 0.0574. The average Bonchev–Trinajstić information content (AvgIpc) is 3.67. The van der Waals surface area contributed by atoms with Gasteiger partial charge in [0.15, 0.2) is 0 Å². The Balaban J connectivity index is 1.24. The Kier molecular flexibility index (Phi) is 14.2. The SMILES string of the molecule is CCCCCCCCCCCCS(=O)(=O)n1c2ccccc2c2cc3cc4c(cc3cc21)c1ccccc1n4S(=O)(=O)CCCCCCCCCCCC. The van der Waals surface area contributed by atoms with E-state index < -0.39 is 20.0 Å². The van der Waals surface area contributed by atoms with Gasteiger partial charge in [0.05, 0.1) is 33.6 Å². The highest BCUT2D eigenvalue weighted by Crippen LogP contribution is 2.38. The third-order valence-corrected chi connectivity index (χ3v) is 14.9. The van der Waals surface area contributed by atoms with Crippen molar-refractivity contribution < 1.29 is 16.8 Å². The van der Waals surface area contributed by atoms with Crippen molar-refractivity contribution in [3.8, 4) is 0 Å². The van der Waals surface area contributed by atoms with Gasteiger partial charge in [-0.15, -0.1) is 0 Å². The molecule has 2 aromatic heterocycles. The van der Waals surface area contributed by atoms with E-state index in [2.05, 4.69) is 26.0 Å². The van der Waals surface area contributed by atoms with Crippen LogP contribution in [0.4, 0.5) is 0 Å². The lowest BCUT2D eigenvalue weighted by atomic mass is 10.0. The number of hydrogen-bond donors (Lipinski definition) is 0. The van der Waals surface area contributed by atoms with Crippen molar-refractivity contribution in [1.82, 2.24) is 7.94 Å². The monoisotopic (exact) mass is 770 g/mol. The molecular formula is C46H62N2O4S2. The zero-order valence-electron chi connectivity index (χ0n) is 32.8. The molecule has 0 aliphatic carbocycles. The van der Waals surface area contributed by atoms with E-state index in [1.807, 2.05) is 60.7 Å². The predicted molar refractivity (Wildman–Crippen MR) is 232 cm³/mol. The van der Waals surface area contributed by atoms with Gasteiger partial charge in [-0.25, -0.2) is 24.8 Å². The molecule has 6 nitrogen and oxygen atoms in total. The molecule has 6 aromatic rings. The second-order valence-corrected chi connectivity index (χ2v) is 19.5. The highest BCUT2D eigenvalue weighted by atomic mass is 32.2. The van der Waals surface area contributed by atoms with Crippen LogP contribution in [0.15, 0.2) is 72.8 Å². The molecule has 54 heavy (non-hydrogen) atoms. The molecule has 0 spiro atoms. The first-order valence-corrected chi connectivity index (χ1v) is 24.4. The Morgan fingerprint density at radius 2 is 0.685 bits per heavy atom. The van der Waals surface area contributed by atoms with Crippen LogP contribution < -0.4 is 0 Å². The molecule has 292 valence electrons. The van der Waals surface area contributed by atoms with E-state index in [1.165, 1.54) is 89.9 Å². The molecule has 0 fully saturated rings. The minimum atomic E-state index is -3.63. The summed E-state index contributed by atoms with van der Waals surface area (Å²) in [5.41, 5.74) is 2.72. The van der Waals surface area contributed by atoms with Gasteiger partial charge in [-0.1, -0.05) is 166 Å². The van der Waals surface area contributed by atoms with Crippen LogP contribution >= 0.6 is 0 Å². The van der Waals surface area contributed by atoms with Crippen molar-refractivity contribution in [3.05, 3.63) is 72.8 Å². The Labute approximate surface area is 324 Å². The number of rotatable bonds is 24. The molecule has 2 heterocycles. The molecule has 0 aliphatic heterocycles. The van der Waals surface area contributed by atoms with E-state index >= 15 is 0 Å². The summed E-state index contributed by atoms with van der Waals surface area (Å²) in [5, 5.41) is 5.27. The fraction of sp³-hybridized carbons (Fsp3) is 0.522. The minimum absolute atomic E-state index is 0.110. The molecule has 0 aliphatic rings. The van der Waals surface area contributed by atoms with Crippen molar-refractivity contribution in [2.24, 2.45) is 0 Å². The van der Waals surface area contributed by atoms with E-state index in [1.54, 1.807) is 7.94 Å². The second-order valence-electron chi connectivity index (χ2n) is 15.6. The average molecular weight is 771 g/mol. The van der Waals surface area contributed by atoms with Gasteiger partial charge in [-0.2, -0.15) is 0 Å². The molecule has 0 unspecified atom stereocenters. The molecule has 0 saturated heterocycles. The van der Waals surface area contributed by atoms with Crippen LogP contribution in [0, 0.1) is 0 Å². The van der Waals surface area contributed by atoms with Gasteiger partial charge in [-0.3, -0.25) is 0 Å². The molecule has 6 rings (SSSR count). The Hall–Kier alpha value is -3.36. The summed E-state index contributed by atoms with van der Waals surface area (Å²) in [6.07, 6.45) is 23.0. The number of aromatic nitrogens is 2. The topological polar surface area (TPSA) is 78.1 Å². The first-order valence-electron chi connectivity index (χ1n) is 21.1. The zero-order valence-corrected chi connectivity index (χ0v) is 34.5. The van der Waals surface area contributed by atoms with Crippen molar-refractivity contribution in [2.75, 3.05) is 11.5 Å². The van der Waals surface area contributed by atoms with Crippen LogP contribution in [0.25, 0.3) is 54.4 Å². The largest absolute Gasteiger partial charge is 0.239 e. The normalized spacial score (nSPS) is 12.7. The van der Waals surface area contributed by atoms with Gasteiger partial charge in [0.1, 0.15) is 0 Å². The van der Waals surface area contributed by atoms with Gasteiger partial charge in [0.2, 0.25) is 20.0 Å². The molecule has 0 amide bonds. The molecular weight excluding hydrogens is 709 g/mol. The van der Waals surface area contributed by atoms with Crippen LogP contribution in [0.2, 0.25) is 0 Å². The predicted octanol–water partition coefficient (Wildman–Crippen LogP) is 13.3. The standard InChI is InChI=1S/C46H62N2O4S2/c1-3-5-7-9-11-13-15-17-19-25-31-53(49,50)47-43-29-23-21-27-39(43)41-33-38-36-46-42(34-37(38)35-45(41)47)40-28-22-24-30-44(40)48(46)54(51,52)32-26-20-18-16-14-12-10-8-6-4-2/h21-24,27-30,33-36H,3-20,25-26,31-32H2,1-2H3. The van der Waals surface area contributed by atoms with Crippen molar-refractivity contribution in [2.45, 2.75) is 142 Å². The third kappa shape index (κ3) is 9.35. The number of unbranched alkanes of at least 4 members (excludes halogenated alkanes) is 18. The first-order chi connectivity index (χ1) is 26.3. The maximum Gasteiger partial charge on any atom is 0.239 e. The van der Waals surface area contributed by atoms with Crippen molar-refractivity contribution in [3.63, 3.8) is 0 Å². The Bertz CT molecular complexity index is 2200. The Morgan fingerprint density at radius 1 is 0.370 bits per heavy atom. The van der Waals surface area contributed by atoms with Crippen molar-refractivity contribution >= 4 is 74.4 Å². The summed E-state index contributed by atoms with van der Waals surface area (Å²) in [6.45, 7) is 4.48. The molecule has 4 aromatic carbocycles. The lowest BCUT2D eigenvalue weighted by Crippen LogP contribution is -2.16. The molecule has 0 N–H and O–H groups in total. The number of hydrogen-bond acceptors (Lipinski definition) is 4. The summed E-state index contributed by atoms with van der Waals surface area (Å²) < 4.78 is 59.5. The number of nitrogens with zero attached hydrogens (tertiary/aromatic N) is 2. The fourth-order valence-corrected chi connectivity index (χ4v) is 11.8. The van der Waals surface area contributed by atoms with E-state index in [-0.39, 0.29) is 11.5 Å². The highest BCUT2D eigenvalue weighted by molar-refractivity contribution is 7.90. The van der Waals surface area contributed by atoms with E-state index in [0.29, 0.717) is 34.9 Å². The van der Waals surface area contributed by atoms with Gasteiger partial charge in [0, 0.05) is 21.5 Å². The van der Waals surface area contributed by atoms with Crippen LogP contribution in [-0.4, -0.2) is 36.3 Å². The smallest absolute Gasteiger partial charge is 0.237 e. The van der Waals surface area contributed by atoms with E-state index in [9.17, 15) is 16.8 Å². The fourth-order valence-electron chi connectivity index (χ4n) is 8.44. The molecule has 8 heteroatoms. The summed E-state index contributed by atoms with van der Waals surface area (Å²) in [5.74, 6) is 0.220. The zero-order chi connectivity index (χ0) is 38.0. The Morgan fingerprint density at radius 3 is 1.04 bits per heavy atom. The van der Waals surface area contributed by atoms with Crippen LogP contribution in [-0.2, 0) is 20.0 Å². The second kappa shape index (κ2) is 19.0. The molecule has 0 bridgehead atoms. The van der Waals surface area contributed by atoms with Crippen LogP contribution in [0.3, 0.4) is 0 Å². The lowest BCUT2D eigenvalue weighted by molar-refractivity contribution is 0.556. The van der Waals surface area contributed by atoms with E-state index in [0.717, 1.165) is 58.0 Å². The lowest BCUT2D eigenvalue weighted by Gasteiger charge is -2.11. The van der Waals surface area contributed by atoms with Gasteiger partial charge in [0.25, 0.3) is 0 Å². The molecule has 0 saturated carbocycles. The third-order valence-electron chi connectivity index (χ3n) is 11.4. The summed E-state index contributed by atoms with van der Waals surface area (Å²) in [6, 6.07) is 23.6. The maximum atomic E-state index is 14.1.